The molecular weight excluding hydrogens is 583 g/mol. The van der Waals surface area contributed by atoms with Gasteiger partial charge in [0.25, 0.3) is 5.69 Å². The van der Waals surface area contributed by atoms with Crippen molar-refractivity contribution in [3.63, 3.8) is 0 Å². The zero-order valence-electron chi connectivity index (χ0n) is 24.7. The number of nitro benzene ring substituents is 1. The van der Waals surface area contributed by atoms with Gasteiger partial charge in [0.1, 0.15) is 5.75 Å². The number of amides is 2. The molecule has 1 aliphatic rings. The molecule has 3 aromatic carbocycles. The number of anilines is 1. The van der Waals surface area contributed by atoms with E-state index in [1.54, 1.807) is 37.6 Å². The number of urea groups is 1. The summed E-state index contributed by atoms with van der Waals surface area (Å²) < 4.78 is 32.9. The van der Waals surface area contributed by atoms with Crippen molar-refractivity contribution in [2.75, 3.05) is 38.4 Å². The maximum atomic E-state index is 15.3. The third-order valence-corrected chi connectivity index (χ3v) is 7.35. The number of hydrogen-bond acceptors (Lipinski definition) is 9. The second-order valence-corrected chi connectivity index (χ2v) is 10.4. The Balaban J connectivity index is 1.32. The first-order valence-electron chi connectivity index (χ1n) is 14.5. The Kier molecular flexibility index (Phi) is 10.00. The molecule has 1 aliphatic heterocycles. The fraction of sp³-hybridized carbons (Fsp3) is 0.281. The number of fused-ring (bicyclic) bond motifs is 1. The van der Waals surface area contributed by atoms with Gasteiger partial charge in [-0.25, -0.2) is 9.18 Å². The molecule has 0 saturated carbocycles. The minimum Gasteiger partial charge on any atom is -0.493 e. The molecule has 4 aromatic rings. The molecule has 0 spiro atoms. The van der Waals surface area contributed by atoms with Gasteiger partial charge in [0.2, 0.25) is 0 Å². The number of piperidine rings is 1. The first-order chi connectivity index (χ1) is 21.8. The van der Waals surface area contributed by atoms with Gasteiger partial charge in [-0.3, -0.25) is 15.1 Å². The third kappa shape index (κ3) is 7.62. The Labute approximate surface area is 259 Å². The molecule has 0 bridgehead atoms. The number of benzene rings is 3. The Morgan fingerprint density at radius 2 is 1.89 bits per heavy atom. The summed E-state index contributed by atoms with van der Waals surface area (Å²) in [5.41, 5.74) is 5.96. The van der Waals surface area contributed by atoms with E-state index >= 15 is 4.39 Å². The maximum absolute atomic E-state index is 15.3. The lowest BCUT2D eigenvalue weighted by molar-refractivity contribution is -0.385. The summed E-state index contributed by atoms with van der Waals surface area (Å²) in [7, 11) is 1.54. The Morgan fingerprint density at radius 3 is 2.62 bits per heavy atom. The zero-order chi connectivity index (χ0) is 31.8. The molecule has 0 radical (unpaired) electrons. The molecule has 2 amide bonds. The number of carbonyl (C=O) groups is 1. The molecule has 5 rings (SSSR count). The minimum atomic E-state index is -1.02. The van der Waals surface area contributed by atoms with Crippen molar-refractivity contribution < 1.29 is 28.3 Å². The summed E-state index contributed by atoms with van der Waals surface area (Å²) >= 11 is 0. The minimum absolute atomic E-state index is 0.00878. The summed E-state index contributed by atoms with van der Waals surface area (Å²) in [4.78, 5) is 29.7. The monoisotopic (exact) mass is 616 g/mol. The Morgan fingerprint density at radius 1 is 1.09 bits per heavy atom. The molecular formula is C32H33FN6O6. The molecule has 1 fully saturated rings. The molecule has 13 heteroatoms. The molecule has 1 aromatic heterocycles. The van der Waals surface area contributed by atoms with E-state index in [0.29, 0.717) is 34.8 Å². The maximum Gasteiger partial charge on any atom is 0.340 e. The van der Waals surface area contributed by atoms with Gasteiger partial charge in [-0.15, -0.1) is 0 Å². The van der Waals surface area contributed by atoms with Gasteiger partial charge in [-0.1, -0.05) is 18.6 Å². The van der Waals surface area contributed by atoms with E-state index in [2.05, 4.69) is 15.0 Å². The lowest BCUT2D eigenvalue weighted by Crippen LogP contribution is -2.31. The Hall–Kier alpha value is -5.30. The van der Waals surface area contributed by atoms with Crippen LogP contribution in [-0.4, -0.2) is 60.4 Å². The van der Waals surface area contributed by atoms with Crippen molar-refractivity contribution in [1.82, 2.24) is 9.88 Å². The highest BCUT2D eigenvalue weighted by Crippen LogP contribution is 2.38. The molecule has 0 aliphatic carbocycles. The smallest absolute Gasteiger partial charge is 0.340 e. The van der Waals surface area contributed by atoms with Gasteiger partial charge < -0.3 is 24.8 Å². The zero-order valence-corrected chi connectivity index (χ0v) is 24.7. The van der Waals surface area contributed by atoms with Crippen LogP contribution in [0.1, 0.15) is 31.2 Å². The Bertz CT molecular complexity index is 1710. The van der Waals surface area contributed by atoms with E-state index in [4.69, 9.17) is 19.9 Å². The quantitative estimate of drug-likeness (QED) is 0.0850. The predicted octanol–water partition coefficient (Wildman–Crippen LogP) is 6.26. The van der Waals surface area contributed by atoms with E-state index in [-0.39, 0.29) is 22.7 Å². The van der Waals surface area contributed by atoms with Gasteiger partial charge in [0.05, 0.1) is 41.6 Å². The number of para-hydroxylation sites is 1. The number of pyridine rings is 1. The standard InChI is InChI=1S/C32H33FN6O6/c1-43-30-19-24-26(20-31(30)44-17-7-16-37-14-5-2-6-15-37)35-13-12-28(24)45-29-11-10-23(18-25(29)33)38(32(34)40)36-21-22-8-3-4-9-27(22)39(41)42/h3-4,8-13,18-21H,2,5-7,14-17H2,1H3,(H2,34,40). The summed E-state index contributed by atoms with van der Waals surface area (Å²) in [6.45, 7) is 3.78. The van der Waals surface area contributed by atoms with E-state index in [9.17, 15) is 14.9 Å². The highest BCUT2D eigenvalue weighted by molar-refractivity contribution is 5.94. The molecule has 45 heavy (non-hydrogen) atoms. The fourth-order valence-electron chi connectivity index (χ4n) is 5.10. The number of ether oxygens (including phenoxy) is 3. The number of nitrogens with zero attached hydrogens (tertiary/aromatic N) is 5. The summed E-state index contributed by atoms with van der Waals surface area (Å²) in [6.07, 6.45) is 7.32. The van der Waals surface area contributed by atoms with Gasteiger partial charge in [0, 0.05) is 36.3 Å². The van der Waals surface area contributed by atoms with Gasteiger partial charge in [-0.2, -0.15) is 10.1 Å². The third-order valence-electron chi connectivity index (χ3n) is 7.35. The second-order valence-electron chi connectivity index (χ2n) is 10.4. The summed E-state index contributed by atoms with van der Waals surface area (Å²) in [6, 6.07) is 13.7. The normalized spacial score (nSPS) is 13.6. The van der Waals surface area contributed by atoms with Crippen molar-refractivity contribution in [2.24, 2.45) is 10.8 Å². The number of nitro groups is 1. The number of hydrogen-bond donors (Lipinski definition) is 1. The van der Waals surface area contributed by atoms with E-state index < -0.39 is 16.8 Å². The number of aromatic nitrogens is 1. The molecule has 2 heterocycles. The van der Waals surface area contributed by atoms with Crippen LogP contribution in [0.2, 0.25) is 0 Å². The lowest BCUT2D eigenvalue weighted by Gasteiger charge is -2.26. The molecule has 0 unspecified atom stereocenters. The van der Waals surface area contributed by atoms with Crippen LogP contribution in [0.25, 0.3) is 10.9 Å². The number of likely N-dealkylation sites (tertiary alicyclic amines) is 1. The van der Waals surface area contributed by atoms with Crippen molar-refractivity contribution in [1.29, 1.82) is 0 Å². The number of methoxy groups -OCH3 is 1. The van der Waals surface area contributed by atoms with Gasteiger partial charge in [-0.05, 0) is 62.7 Å². The molecule has 234 valence electrons. The summed E-state index contributed by atoms with van der Waals surface area (Å²) in [5.74, 6) is 0.433. The highest BCUT2D eigenvalue weighted by Gasteiger charge is 2.18. The number of carbonyl (C=O) groups excluding carboxylic acids is 1. The number of nitrogens with two attached hydrogens (primary N) is 1. The number of rotatable bonds is 12. The van der Waals surface area contributed by atoms with Crippen LogP contribution in [-0.2, 0) is 0 Å². The number of hydrazone groups is 1. The van der Waals surface area contributed by atoms with Crippen LogP contribution < -0.4 is 25.0 Å². The second kappa shape index (κ2) is 14.4. The van der Waals surface area contributed by atoms with Crippen LogP contribution >= 0.6 is 0 Å². The first kappa shape index (κ1) is 31.1. The fourth-order valence-corrected chi connectivity index (χ4v) is 5.10. The lowest BCUT2D eigenvalue weighted by atomic mass is 10.1. The average molecular weight is 617 g/mol. The SMILES string of the molecule is COc1cc2c(Oc3ccc(N(N=Cc4ccccc4[N+](=O)[O-])C(N)=O)cc3F)ccnc2cc1OCCCN1CCCCC1. The van der Waals surface area contributed by atoms with Crippen LogP contribution in [0, 0.1) is 15.9 Å². The van der Waals surface area contributed by atoms with E-state index in [1.807, 2.05) is 0 Å². The molecule has 2 N–H and O–H groups in total. The van der Waals surface area contributed by atoms with Crippen molar-refractivity contribution >= 4 is 34.5 Å². The average Bonchev–Trinajstić information content (AvgIpc) is 3.04. The van der Waals surface area contributed by atoms with Crippen molar-refractivity contribution in [3.8, 4) is 23.0 Å². The number of halogens is 1. The van der Waals surface area contributed by atoms with E-state index in [1.165, 1.54) is 49.6 Å². The van der Waals surface area contributed by atoms with Gasteiger partial charge in [0.15, 0.2) is 23.1 Å². The van der Waals surface area contributed by atoms with Crippen molar-refractivity contribution in [2.45, 2.75) is 25.7 Å². The first-order valence-corrected chi connectivity index (χ1v) is 14.5. The van der Waals surface area contributed by atoms with E-state index in [0.717, 1.165) is 43.3 Å². The topological polar surface area (TPSA) is 146 Å². The van der Waals surface area contributed by atoms with Crippen LogP contribution in [0.3, 0.4) is 0 Å². The molecule has 1 saturated heterocycles. The van der Waals surface area contributed by atoms with Crippen LogP contribution in [0.15, 0.2) is 72.0 Å². The van der Waals surface area contributed by atoms with Gasteiger partial charge >= 0.3 is 6.03 Å². The largest absolute Gasteiger partial charge is 0.493 e. The molecule has 0 atom stereocenters. The van der Waals surface area contributed by atoms with Crippen LogP contribution in [0.5, 0.6) is 23.0 Å². The molecule has 12 nitrogen and oxygen atoms in total. The summed E-state index contributed by atoms with van der Waals surface area (Å²) in [5, 5.41) is 16.6. The highest BCUT2D eigenvalue weighted by atomic mass is 19.1. The van der Waals surface area contributed by atoms with Crippen molar-refractivity contribution in [3.05, 3.63) is 88.4 Å². The predicted molar refractivity (Wildman–Crippen MR) is 168 cm³/mol. The van der Waals surface area contributed by atoms with Crippen LogP contribution in [0.4, 0.5) is 20.6 Å². The number of primary amides is 1.